The summed E-state index contributed by atoms with van der Waals surface area (Å²) in [6, 6.07) is 0. The van der Waals surface area contributed by atoms with Gasteiger partial charge in [0.15, 0.2) is 0 Å². The molecule has 1 fully saturated rings. The highest BCUT2D eigenvalue weighted by molar-refractivity contribution is 7.09. The van der Waals surface area contributed by atoms with Crippen LogP contribution >= 0.6 is 23.7 Å². The van der Waals surface area contributed by atoms with Crippen molar-refractivity contribution in [3.8, 4) is 0 Å². The SMILES string of the molecule is Cl.NCCc1nc(C(=O)NCCCC2CCCCC2)cs1. The number of aromatic nitrogens is 1. The van der Waals surface area contributed by atoms with Crippen LogP contribution < -0.4 is 11.1 Å². The van der Waals surface area contributed by atoms with Crippen LogP contribution in [0.3, 0.4) is 0 Å². The lowest BCUT2D eigenvalue weighted by molar-refractivity contribution is 0.0947. The van der Waals surface area contributed by atoms with Crippen LogP contribution in [0.4, 0.5) is 0 Å². The van der Waals surface area contributed by atoms with E-state index in [4.69, 9.17) is 5.73 Å². The lowest BCUT2D eigenvalue weighted by Crippen LogP contribution is -2.25. The van der Waals surface area contributed by atoms with E-state index in [0.717, 1.165) is 30.3 Å². The molecule has 0 bridgehead atoms. The summed E-state index contributed by atoms with van der Waals surface area (Å²) in [5.41, 5.74) is 6.02. The average Bonchev–Trinajstić information content (AvgIpc) is 2.94. The molecule has 0 aromatic carbocycles. The third-order valence-electron chi connectivity index (χ3n) is 3.94. The van der Waals surface area contributed by atoms with E-state index in [2.05, 4.69) is 10.3 Å². The topological polar surface area (TPSA) is 68.0 Å². The van der Waals surface area contributed by atoms with Gasteiger partial charge in [0.25, 0.3) is 5.91 Å². The molecule has 0 radical (unpaired) electrons. The van der Waals surface area contributed by atoms with Crippen molar-refractivity contribution >= 4 is 29.7 Å². The lowest BCUT2D eigenvalue weighted by atomic mass is 9.86. The fourth-order valence-electron chi connectivity index (χ4n) is 2.81. The number of nitrogens with zero attached hydrogens (tertiary/aromatic N) is 1. The number of nitrogens with one attached hydrogen (secondary N) is 1. The summed E-state index contributed by atoms with van der Waals surface area (Å²) in [4.78, 5) is 16.2. The van der Waals surface area contributed by atoms with Gasteiger partial charge < -0.3 is 11.1 Å². The third-order valence-corrected chi connectivity index (χ3v) is 4.85. The Labute approximate surface area is 137 Å². The quantitative estimate of drug-likeness (QED) is 0.754. The smallest absolute Gasteiger partial charge is 0.270 e. The van der Waals surface area contributed by atoms with Gasteiger partial charge in [0.1, 0.15) is 5.69 Å². The molecule has 1 aromatic rings. The molecule has 21 heavy (non-hydrogen) atoms. The molecule has 1 heterocycles. The second kappa shape index (κ2) is 10.1. The molecule has 1 saturated carbocycles. The minimum absolute atomic E-state index is 0. The van der Waals surface area contributed by atoms with Crippen LogP contribution in [-0.4, -0.2) is 24.0 Å². The number of nitrogens with two attached hydrogens (primary N) is 1. The molecule has 0 saturated heterocycles. The number of halogens is 1. The van der Waals surface area contributed by atoms with Crippen molar-refractivity contribution in [2.24, 2.45) is 11.7 Å². The van der Waals surface area contributed by atoms with E-state index in [1.54, 1.807) is 0 Å². The highest BCUT2D eigenvalue weighted by Crippen LogP contribution is 2.26. The molecule has 1 aromatic heterocycles. The largest absolute Gasteiger partial charge is 0.351 e. The van der Waals surface area contributed by atoms with Gasteiger partial charge in [-0.25, -0.2) is 4.98 Å². The van der Waals surface area contributed by atoms with Gasteiger partial charge in [0.05, 0.1) is 5.01 Å². The molecular weight excluding hydrogens is 306 g/mol. The Morgan fingerprint density at radius 3 is 2.86 bits per heavy atom. The number of carbonyl (C=O) groups excluding carboxylic acids is 1. The van der Waals surface area contributed by atoms with Crippen molar-refractivity contribution in [1.29, 1.82) is 0 Å². The van der Waals surface area contributed by atoms with Gasteiger partial charge in [-0.1, -0.05) is 32.1 Å². The molecule has 1 aliphatic carbocycles. The summed E-state index contributed by atoms with van der Waals surface area (Å²) in [5.74, 6) is 0.837. The van der Waals surface area contributed by atoms with Gasteiger partial charge >= 0.3 is 0 Å². The Hall–Kier alpha value is -0.650. The van der Waals surface area contributed by atoms with Gasteiger partial charge in [0.2, 0.25) is 0 Å². The molecule has 6 heteroatoms. The first-order chi connectivity index (χ1) is 9.79. The second-order valence-corrected chi connectivity index (χ2v) is 6.51. The number of thiazole rings is 1. The minimum atomic E-state index is -0.0480. The van der Waals surface area contributed by atoms with Gasteiger partial charge in [-0.3, -0.25) is 4.79 Å². The fourth-order valence-corrected chi connectivity index (χ4v) is 3.61. The van der Waals surface area contributed by atoms with E-state index in [1.807, 2.05) is 5.38 Å². The molecular formula is C15H26ClN3OS. The monoisotopic (exact) mass is 331 g/mol. The zero-order valence-electron chi connectivity index (χ0n) is 12.5. The van der Waals surface area contributed by atoms with Crippen molar-refractivity contribution in [3.05, 3.63) is 16.1 Å². The molecule has 4 nitrogen and oxygen atoms in total. The van der Waals surface area contributed by atoms with E-state index < -0.39 is 0 Å². The Bertz CT molecular complexity index is 419. The first kappa shape index (κ1) is 18.4. The van der Waals surface area contributed by atoms with Crippen molar-refractivity contribution in [2.45, 2.75) is 51.4 Å². The van der Waals surface area contributed by atoms with E-state index in [9.17, 15) is 4.79 Å². The molecule has 0 unspecified atom stereocenters. The van der Waals surface area contributed by atoms with Crippen molar-refractivity contribution in [3.63, 3.8) is 0 Å². The van der Waals surface area contributed by atoms with Crippen molar-refractivity contribution in [1.82, 2.24) is 10.3 Å². The van der Waals surface area contributed by atoms with E-state index >= 15 is 0 Å². The second-order valence-electron chi connectivity index (χ2n) is 5.57. The van der Waals surface area contributed by atoms with Crippen LogP contribution in [-0.2, 0) is 6.42 Å². The average molecular weight is 332 g/mol. The maximum Gasteiger partial charge on any atom is 0.270 e. The van der Waals surface area contributed by atoms with E-state index in [1.165, 1.54) is 49.9 Å². The minimum Gasteiger partial charge on any atom is -0.351 e. The Morgan fingerprint density at radius 2 is 2.14 bits per heavy atom. The van der Waals surface area contributed by atoms with Crippen LogP contribution in [0.5, 0.6) is 0 Å². The number of amides is 1. The lowest BCUT2D eigenvalue weighted by Gasteiger charge is -2.21. The van der Waals surface area contributed by atoms with Crippen LogP contribution in [0, 0.1) is 5.92 Å². The van der Waals surface area contributed by atoms with Gasteiger partial charge in [-0.15, -0.1) is 23.7 Å². The fraction of sp³-hybridized carbons (Fsp3) is 0.733. The van der Waals surface area contributed by atoms with Gasteiger partial charge in [0, 0.05) is 18.3 Å². The van der Waals surface area contributed by atoms with E-state index in [-0.39, 0.29) is 18.3 Å². The predicted molar refractivity (Wildman–Crippen MR) is 90.3 cm³/mol. The summed E-state index contributed by atoms with van der Waals surface area (Å²) in [6.07, 6.45) is 10.0. The first-order valence-corrected chi connectivity index (χ1v) is 8.60. The van der Waals surface area contributed by atoms with Crippen LogP contribution in [0.2, 0.25) is 0 Å². The van der Waals surface area contributed by atoms with Crippen LogP contribution in [0.25, 0.3) is 0 Å². The summed E-state index contributed by atoms with van der Waals surface area (Å²) < 4.78 is 0. The van der Waals surface area contributed by atoms with Gasteiger partial charge in [-0.2, -0.15) is 0 Å². The Morgan fingerprint density at radius 1 is 1.38 bits per heavy atom. The number of hydrogen-bond acceptors (Lipinski definition) is 4. The first-order valence-electron chi connectivity index (χ1n) is 7.72. The molecule has 2 rings (SSSR count). The molecule has 0 atom stereocenters. The zero-order valence-corrected chi connectivity index (χ0v) is 14.1. The standard InChI is InChI=1S/C15H25N3OS.ClH/c16-9-8-14-18-13(11-20-14)15(19)17-10-4-7-12-5-2-1-3-6-12;/h11-12H,1-10,16H2,(H,17,19);1H. The van der Waals surface area contributed by atoms with Crippen molar-refractivity contribution in [2.75, 3.05) is 13.1 Å². The summed E-state index contributed by atoms with van der Waals surface area (Å²) >= 11 is 1.51. The Kier molecular flexibility index (Phi) is 8.88. The third kappa shape index (κ3) is 6.32. The summed E-state index contributed by atoms with van der Waals surface area (Å²) in [7, 11) is 0. The molecule has 120 valence electrons. The highest BCUT2D eigenvalue weighted by atomic mass is 35.5. The summed E-state index contributed by atoms with van der Waals surface area (Å²) in [6.45, 7) is 1.34. The molecule has 3 N–H and O–H groups in total. The predicted octanol–water partition coefficient (Wildman–Crippen LogP) is 3.16. The Balaban J connectivity index is 0.00000220. The normalized spacial score (nSPS) is 15.5. The zero-order chi connectivity index (χ0) is 14.2. The molecule has 0 spiro atoms. The molecule has 1 amide bonds. The number of carbonyl (C=O) groups is 1. The maximum absolute atomic E-state index is 11.9. The highest BCUT2D eigenvalue weighted by Gasteiger charge is 2.13. The van der Waals surface area contributed by atoms with Crippen LogP contribution in [0.1, 0.15) is 60.4 Å². The van der Waals surface area contributed by atoms with Crippen LogP contribution in [0.15, 0.2) is 5.38 Å². The maximum atomic E-state index is 11.9. The van der Waals surface area contributed by atoms with Crippen molar-refractivity contribution < 1.29 is 4.79 Å². The number of hydrogen-bond donors (Lipinski definition) is 2. The number of rotatable bonds is 7. The van der Waals surface area contributed by atoms with E-state index in [0.29, 0.717) is 12.2 Å². The summed E-state index contributed by atoms with van der Waals surface area (Å²) in [5, 5.41) is 5.73. The van der Waals surface area contributed by atoms with Gasteiger partial charge in [-0.05, 0) is 25.3 Å². The molecule has 0 aliphatic heterocycles. The molecule has 1 aliphatic rings.